The summed E-state index contributed by atoms with van der Waals surface area (Å²) in [5.74, 6) is 0.210. The van der Waals surface area contributed by atoms with Crippen molar-refractivity contribution in [3.05, 3.63) is 12.2 Å². The highest BCUT2D eigenvalue weighted by Gasteiger charge is 2.35. The fourth-order valence-electron chi connectivity index (χ4n) is 2.55. The first-order valence-electron chi connectivity index (χ1n) is 6.37. The van der Waals surface area contributed by atoms with Crippen molar-refractivity contribution < 1.29 is 9.90 Å². The Morgan fingerprint density at radius 3 is 3.00 bits per heavy atom. The fraction of sp³-hybridized carbons (Fsp3) is 0.750. The third kappa shape index (κ3) is 2.53. The van der Waals surface area contributed by atoms with Gasteiger partial charge in [-0.1, -0.05) is 13.3 Å². The lowest BCUT2D eigenvalue weighted by atomic mass is 9.85. The monoisotopic (exact) mass is 252 g/mol. The molecule has 1 aliphatic rings. The number of carbonyl (C=O) groups is 1. The normalized spacial score (nSPS) is 19.2. The SMILES string of the molecule is CCCC(C)(CN1CCn2cnnc2C1)C(=O)O. The van der Waals surface area contributed by atoms with E-state index in [1.165, 1.54) is 0 Å². The highest BCUT2D eigenvalue weighted by molar-refractivity contribution is 5.74. The maximum Gasteiger partial charge on any atom is 0.310 e. The fourth-order valence-corrected chi connectivity index (χ4v) is 2.55. The zero-order chi connectivity index (χ0) is 13.2. The van der Waals surface area contributed by atoms with Crippen LogP contribution < -0.4 is 0 Å². The van der Waals surface area contributed by atoms with Gasteiger partial charge in [0.05, 0.1) is 12.0 Å². The number of aliphatic carboxylic acids is 1. The van der Waals surface area contributed by atoms with Crippen molar-refractivity contribution in [2.24, 2.45) is 5.41 Å². The molecule has 1 aromatic rings. The number of carboxylic acids is 1. The molecule has 0 spiro atoms. The van der Waals surface area contributed by atoms with Gasteiger partial charge < -0.3 is 9.67 Å². The van der Waals surface area contributed by atoms with Crippen LogP contribution in [0.3, 0.4) is 0 Å². The van der Waals surface area contributed by atoms with E-state index < -0.39 is 11.4 Å². The van der Waals surface area contributed by atoms with Crippen molar-refractivity contribution in [3.8, 4) is 0 Å². The average molecular weight is 252 g/mol. The van der Waals surface area contributed by atoms with Gasteiger partial charge in [-0.2, -0.15) is 0 Å². The Hall–Kier alpha value is -1.43. The predicted molar refractivity (Wildman–Crippen MR) is 65.9 cm³/mol. The second kappa shape index (κ2) is 5.06. The van der Waals surface area contributed by atoms with E-state index in [0.717, 1.165) is 25.3 Å². The Bertz CT molecular complexity index is 431. The molecule has 2 rings (SSSR count). The third-order valence-electron chi connectivity index (χ3n) is 3.61. The number of aromatic nitrogens is 3. The van der Waals surface area contributed by atoms with Crippen LogP contribution in [0.1, 0.15) is 32.5 Å². The van der Waals surface area contributed by atoms with E-state index in [-0.39, 0.29) is 0 Å². The minimum atomic E-state index is -0.712. The van der Waals surface area contributed by atoms with Crippen LogP contribution in [-0.2, 0) is 17.9 Å². The molecule has 6 nitrogen and oxygen atoms in total. The van der Waals surface area contributed by atoms with E-state index >= 15 is 0 Å². The van der Waals surface area contributed by atoms with Crippen LogP contribution in [0.5, 0.6) is 0 Å². The van der Waals surface area contributed by atoms with Gasteiger partial charge in [-0.05, 0) is 13.3 Å². The van der Waals surface area contributed by atoms with Crippen molar-refractivity contribution in [1.29, 1.82) is 0 Å². The summed E-state index contributed by atoms with van der Waals surface area (Å²) < 4.78 is 2.02. The number of fused-ring (bicyclic) bond motifs is 1. The largest absolute Gasteiger partial charge is 0.481 e. The van der Waals surface area contributed by atoms with Gasteiger partial charge in [0.15, 0.2) is 0 Å². The van der Waals surface area contributed by atoms with Crippen LogP contribution in [0.2, 0.25) is 0 Å². The van der Waals surface area contributed by atoms with E-state index in [0.29, 0.717) is 19.5 Å². The zero-order valence-corrected chi connectivity index (χ0v) is 11.0. The van der Waals surface area contributed by atoms with Gasteiger partial charge in [0.2, 0.25) is 0 Å². The van der Waals surface area contributed by atoms with Crippen LogP contribution in [0.25, 0.3) is 0 Å². The van der Waals surface area contributed by atoms with E-state index in [9.17, 15) is 9.90 Å². The second-order valence-corrected chi connectivity index (χ2v) is 5.27. The smallest absolute Gasteiger partial charge is 0.310 e. The van der Waals surface area contributed by atoms with Gasteiger partial charge in [0.25, 0.3) is 0 Å². The molecular weight excluding hydrogens is 232 g/mol. The van der Waals surface area contributed by atoms with Crippen molar-refractivity contribution >= 4 is 5.97 Å². The molecule has 0 aromatic carbocycles. The van der Waals surface area contributed by atoms with Crippen LogP contribution in [0, 0.1) is 5.41 Å². The van der Waals surface area contributed by atoms with E-state index in [4.69, 9.17) is 0 Å². The van der Waals surface area contributed by atoms with Gasteiger partial charge in [0.1, 0.15) is 12.2 Å². The van der Waals surface area contributed by atoms with Crippen LogP contribution in [0.4, 0.5) is 0 Å². The number of rotatable bonds is 5. The Labute approximate surface area is 107 Å². The molecule has 0 saturated heterocycles. The molecular formula is C12H20N4O2. The lowest BCUT2D eigenvalue weighted by molar-refractivity contribution is -0.149. The number of hydrogen-bond donors (Lipinski definition) is 1. The quantitative estimate of drug-likeness (QED) is 0.846. The summed E-state index contributed by atoms with van der Waals surface area (Å²) in [6.45, 7) is 6.81. The Kier molecular flexibility index (Phi) is 3.65. The summed E-state index contributed by atoms with van der Waals surface area (Å²) >= 11 is 0. The molecule has 6 heteroatoms. The molecule has 2 heterocycles. The summed E-state index contributed by atoms with van der Waals surface area (Å²) in [5, 5.41) is 17.3. The molecule has 0 fully saturated rings. The highest BCUT2D eigenvalue weighted by Crippen LogP contribution is 2.26. The summed E-state index contributed by atoms with van der Waals surface area (Å²) in [4.78, 5) is 13.6. The first kappa shape index (κ1) is 13.0. The lowest BCUT2D eigenvalue weighted by Gasteiger charge is -2.34. The molecule has 0 saturated carbocycles. The first-order chi connectivity index (χ1) is 8.55. The summed E-state index contributed by atoms with van der Waals surface area (Å²) in [6.07, 6.45) is 3.31. The molecule has 0 bridgehead atoms. The average Bonchev–Trinajstić information content (AvgIpc) is 2.76. The molecule has 1 N–H and O–H groups in total. The van der Waals surface area contributed by atoms with Gasteiger partial charge in [-0.3, -0.25) is 9.69 Å². The van der Waals surface area contributed by atoms with Crippen molar-refractivity contribution in [1.82, 2.24) is 19.7 Å². The summed E-state index contributed by atoms with van der Waals surface area (Å²) in [7, 11) is 0. The summed E-state index contributed by atoms with van der Waals surface area (Å²) in [5.41, 5.74) is -0.670. The van der Waals surface area contributed by atoms with Crippen molar-refractivity contribution in [2.45, 2.75) is 39.8 Å². The molecule has 18 heavy (non-hydrogen) atoms. The van der Waals surface area contributed by atoms with Gasteiger partial charge >= 0.3 is 5.97 Å². The van der Waals surface area contributed by atoms with E-state index in [1.54, 1.807) is 6.33 Å². The maximum absolute atomic E-state index is 11.4. The number of nitrogens with zero attached hydrogens (tertiary/aromatic N) is 4. The second-order valence-electron chi connectivity index (χ2n) is 5.27. The molecule has 0 amide bonds. The highest BCUT2D eigenvalue weighted by atomic mass is 16.4. The molecule has 0 radical (unpaired) electrons. The number of carboxylic acid groups (broad SMARTS) is 1. The Balaban J connectivity index is 2.03. The lowest BCUT2D eigenvalue weighted by Crippen LogP contribution is -2.44. The Morgan fingerprint density at radius 2 is 2.33 bits per heavy atom. The van der Waals surface area contributed by atoms with Gasteiger partial charge in [-0.25, -0.2) is 0 Å². The zero-order valence-electron chi connectivity index (χ0n) is 11.0. The van der Waals surface area contributed by atoms with E-state index in [2.05, 4.69) is 15.1 Å². The minimum Gasteiger partial charge on any atom is -0.481 e. The standard InChI is InChI=1S/C12H20N4O2/c1-3-4-12(2,11(17)18)8-15-5-6-16-9-13-14-10(16)7-15/h9H,3-8H2,1-2H3,(H,17,18). The van der Waals surface area contributed by atoms with Crippen molar-refractivity contribution in [3.63, 3.8) is 0 Å². The molecule has 100 valence electrons. The van der Waals surface area contributed by atoms with Gasteiger partial charge in [-0.15, -0.1) is 10.2 Å². The van der Waals surface area contributed by atoms with Crippen LogP contribution in [0.15, 0.2) is 6.33 Å². The topological polar surface area (TPSA) is 71.2 Å². The molecule has 1 unspecified atom stereocenters. The molecule has 0 aliphatic carbocycles. The Morgan fingerprint density at radius 1 is 1.56 bits per heavy atom. The minimum absolute atomic E-state index is 0.572. The maximum atomic E-state index is 11.4. The van der Waals surface area contributed by atoms with Crippen LogP contribution >= 0.6 is 0 Å². The summed E-state index contributed by atoms with van der Waals surface area (Å²) in [6, 6.07) is 0. The van der Waals surface area contributed by atoms with Gasteiger partial charge in [0, 0.05) is 19.6 Å². The first-order valence-corrected chi connectivity index (χ1v) is 6.37. The van der Waals surface area contributed by atoms with Crippen LogP contribution in [-0.4, -0.2) is 43.8 Å². The third-order valence-corrected chi connectivity index (χ3v) is 3.61. The van der Waals surface area contributed by atoms with E-state index in [1.807, 2.05) is 18.4 Å². The predicted octanol–water partition coefficient (Wildman–Crippen LogP) is 0.985. The molecule has 1 atom stereocenters. The molecule has 1 aliphatic heterocycles. The van der Waals surface area contributed by atoms with Crippen molar-refractivity contribution in [2.75, 3.05) is 13.1 Å². The molecule has 1 aromatic heterocycles. The number of hydrogen-bond acceptors (Lipinski definition) is 4.